The van der Waals surface area contributed by atoms with Gasteiger partial charge < -0.3 is 15.5 Å². The molecule has 1 fully saturated rings. The number of amides is 2. The molecule has 0 aliphatic carbocycles. The zero-order chi connectivity index (χ0) is 16.8. The van der Waals surface area contributed by atoms with Gasteiger partial charge in [0.25, 0.3) is 5.91 Å². The number of carbonyl (C=O) groups is 2. The molecule has 0 bridgehead atoms. The Bertz CT molecular complexity index is 520. The molecule has 7 heteroatoms. The van der Waals surface area contributed by atoms with Gasteiger partial charge in [-0.2, -0.15) is 0 Å². The van der Waals surface area contributed by atoms with Crippen LogP contribution in [0.25, 0.3) is 0 Å². The second kappa shape index (κ2) is 10.0. The van der Waals surface area contributed by atoms with Crippen LogP contribution in [0.2, 0.25) is 0 Å². The maximum absolute atomic E-state index is 12.9. The lowest BCUT2D eigenvalue weighted by molar-refractivity contribution is -0.136. The smallest absolute Gasteiger partial charge is 0.262 e. The fourth-order valence-corrected chi connectivity index (χ4v) is 3.68. The molecule has 1 aromatic rings. The Morgan fingerprint density at radius 2 is 2.17 bits per heavy atom. The first-order chi connectivity index (χ1) is 11.0. The van der Waals surface area contributed by atoms with Crippen molar-refractivity contribution in [3.63, 3.8) is 0 Å². The molecule has 2 N–H and O–H groups in total. The van der Waals surface area contributed by atoms with Gasteiger partial charge in [-0.25, -0.2) is 0 Å². The molecule has 1 aliphatic heterocycles. The molecule has 1 aliphatic rings. The van der Waals surface area contributed by atoms with Crippen LogP contribution in [-0.4, -0.2) is 49.4 Å². The van der Waals surface area contributed by atoms with E-state index in [0.29, 0.717) is 10.8 Å². The summed E-state index contributed by atoms with van der Waals surface area (Å²) in [5.74, 6) is 0.455. The molecule has 2 rings (SSSR count). The Morgan fingerprint density at radius 3 is 2.75 bits per heavy atom. The lowest BCUT2D eigenvalue weighted by Crippen LogP contribution is -2.54. The normalized spacial score (nSPS) is 18.8. The zero-order valence-electron chi connectivity index (χ0n) is 14.6. The number of nitrogens with one attached hydrogen (secondary N) is 2. The van der Waals surface area contributed by atoms with E-state index in [4.69, 9.17) is 0 Å². The summed E-state index contributed by atoms with van der Waals surface area (Å²) in [7, 11) is 1.94. The van der Waals surface area contributed by atoms with Crippen molar-refractivity contribution < 1.29 is 9.59 Å². The Hall–Kier alpha value is -1.11. The predicted molar refractivity (Wildman–Crippen MR) is 101 cm³/mol. The molecule has 1 saturated heterocycles. The first-order valence-electron chi connectivity index (χ1n) is 8.30. The van der Waals surface area contributed by atoms with E-state index in [-0.39, 0.29) is 30.1 Å². The zero-order valence-corrected chi connectivity index (χ0v) is 16.2. The molecule has 2 amide bonds. The highest BCUT2D eigenvalue weighted by atomic mass is 35.5. The van der Waals surface area contributed by atoms with Crippen LogP contribution in [0.1, 0.15) is 36.4 Å². The van der Waals surface area contributed by atoms with Gasteiger partial charge in [0.2, 0.25) is 5.91 Å². The minimum atomic E-state index is -0.460. The third kappa shape index (κ3) is 5.46. The van der Waals surface area contributed by atoms with Crippen LogP contribution in [0.15, 0.2) is 17.5 Å². The van der Waals surface area contributed by atoms with E-state index in [9.17, 15) is 9.59 Å². The fraction of sp³-hybridized carbons (Fsp3) is 0.647. The van der Waals surface area contributed by atoms with Crippen molar-refractivity contribution in [1.82, 2.24) is 15.5 Å². The number of hydrogen-bond donors (Lipinski definition) is 2. The summed E-state index contributed by atoms with van der Waals surface area (Å²) >= 11 is 1.39. The van der Waals surface area contributed by atoms with Gasteiger partial charge in [0.15, 0.2) is 0 Å². The third-order valence-corrected chi connectivity index (χ3v) is 5.16. The Balaban J connectivity index is 0.00000288. The van der Waals surface area contributed by atoms with Crippen molar-refractivity contribution in [2.24, 2.45) is 11.8 Å². The molecule has 0 saturated carbocycles. The highest BCUT2D eigenvalue weighted by Gasteiger charge is 2.31. The van der Waals surface area contributed by atoms with E-state index in [0.717, 1.165) is 32.5 Å². The summed E-state index contributed by atoms with van der Waals surface area (Å²) in [5.41, 5.74) is 0. The molecule has 5 nitrogen and oxygen atoms in total. The lowest BCUT2D eigenvalue weighted by atomic mass is 9.95. The maximum Gasteiger partial charge on any atom is 0.262 e. The number of piperidine rings is 1. The average Bonchev–Trinajstić information content (AvgIpc) is 3.06. The lowest BCUT2D eigenvalue weighted by Gasteiger charge is -2.36. The first kappa shape index (κ1) is 20.9. The second-order valence-electron chi connectivity index (χ2n) is 6.52. The molecule has 0 spiro atoms. The summed E-state index contributed by atoms with van der Waals surface area (Å²) in [5, 5.41) is 7.99. The van der Waals surface area contributed by atoms with Gasteiger partial charge in [0.05, 0.1) is 4.88 Å². The summed E-state index contributed by atoms with van der Waals surface area (Å²) in [4.78, 5) is 27.8. The molecular formula is C17H28ClN3O2S. The van der Waals surface area contributed by atoms with Gasteiger partial charge in [0, 0.05) is 13.1 Å². The number of rotatable bonds is 6. The summed E-state index contributed by atoms with van der Waals surface area (Å²) in [6.07, 6.45) is 2.18. The first-order valence-corrected chi connectivity index (χ1v) is 9.18. The minimum absolute atomic E-state index is 0. The molecule has 0 radical (unpaired) electrons. The van der Waals surface area contributed by atoms with Crippen molar-refractivity contribution in [3.05, 3.63) is 22.4 Å². The average molecular weight is 374 g/mol. The van der Waals surface area contributed by atoms with Crippen molar-refractivity contribution in [3.8, 4) is 0 Å². The highest BCUT2D eigenvalue weighted by Crippen LogP contribution is 2.19. The molecule has 2 atom stereocenters. The van der Waals surface area contributed by atoms with Crippen LogP contribution in [0, 0.1) is 11.8 Å². The minimum Gasteiger partial charge on any atom is -0.341 e. The van der Waals surface area contributed by atoms with Gasteiger partial charge in [-0.05, 0) is 49.7 Å². The van der Waals surface area contributed by atoms with Crippen LogP contribution in [0.4, 0.5) is 0 Å². The SMILES string of the molecule is CNCC1CCCN(C(=O)C(NC(=O)c2cccs2)C(C)C)C1.Cl. The largest absolute Gasteiger partial charge is 0.341 e. The van der Waals surface area contributed by atoms with Gasteiger partial charge >= 0.3 is 0 Å². The number of hydrogen-bond acceptors (Lipinski definition) is 4. The van der Waals surface area contributed by atoms with Gasteiger partial charge in [-0.1, -0.05) is 19.9 Å². The van der Waals surface area contributed by atoms with Crippen LogP contribution in [0.3, 0.4) is 0 Å². The van der Waals surface area contributed by atoms with Crippen molar-refractivity contribution in [2.45, 2.75) is 32.7 Å². The summed E-state index contributed by atoms with van der Waals surface area (Å²) in [6, 6.07) is 3.17. The standard InChI is InChI=1S/C17H27N3O2S.ClH/c1-12(2)15(19-16(21)14-7-5-9-23-14)17(22)20-8-4-6-13(11-20)10-18-3;/h5,7,9,12-13,15,18H,4,6,8,10-11H2,1-3H3,(H,19,21);1H. The molecule has 1 aromatic heterocycles. The Morgan fingerprint density at radius 1 is 1.42 bits per heavy atom. The summed E-state index contributed by atoms with van der Waals surface area (Å²) < 4.78 is 0. The van der Waals surface area contributed by atoms with E-state index in [1.807, 2.05) is 37.2 Å². The molecule has 136 valence electrons. The van der Waals surface area contributed by atoms with Crippen molar-refractivity contribution in [2.75, 3.05) is 26.7 Å². The number of nitrogens with zero attached hydrogens (tertiary/aromatic N) is 1. The second-order valence-corrected chi connectivity index (χ2v) is 7.47. The predicted octanol–water partition coefficient (Wildman–Crippen LogP) is 2.38. The van der Waals surface area contributed by atoms with E-state index in [1.54, 1.807) is 6.07 Å². The van der Waals surface area contributed by atoms with Crippen LogP contribution in [-0.2, 0) is 4.79 Å². The Kier molecular flexibility index (Phi) is 8.73. The third-order valence-electron chi connectivity index (χ3n) is 4.29. The number of thiophene rings is 1. The van der Waals surface area contributed by atoms with E-state index in [1.165, 1.54) is 11.3 Å². The molecular weight excluding hydrogens is 346 g/mol. The van der Waals surface area contributed by atoms with Crippen LogP contribution < -0.4 is 10.6 Å². The van der Waals surface area contributed by atoms with Gasteiger partial charge in [0.1, 0.15) is 6.04 Å². The summed E-state index contributed by atoms with van der Waals surface area (Å²) in [6.45, 7) is 6.45. The number of carbonyl (C=O) groups excluding carboxylic acids is 2. The van der Waals surface area contributed by atoms with Crippen molar-refractivity contribution >= 4 is 35.6 Å². The topological polar surface area (TPSA) is 61.4 Å². The van der Waals surface area contributed by atoms with E-state index >= 15 is 0 Å². The molecule has 2 unspecified atom stereocenters. The monoisotopic (exact) mass is 373 g/mol. The number of likely N-dealkylation sites (tertiary alicyclic amines) is 1. The highest BCUT2D eigenvalue weighted by molar-refractivity contribution is 7.12. The van der Waals surface area contributed by atoms with Gasteiger partial charge in [-0.3, -0.25) is 9.59 Å². The van der Waals surface area contributed by atoms with E-state index < -0.39 is 6.04 Å². The molecule has 0 aromatic carbocycles. The quantitative estimate of drug-likeness (QED) is 0.804. The van der Waals surface area contributed by atoms with Crippen molar-refractivity contribution in [1.29, 1.82) is 0 Å². The van der Waals surface area contributed by atoms with Crippen LogP contribution >= 0.6 is 23.7 Å². The number of halogens is 1. The van der Waals surface area contributed by atoms with Crippen LogP contribution in [0.5, 0.6) is 0 Å². The van der Waals surface area contributed by atoms with Gasteiger partial charge in [-0.15, -0.1) is 23.7 Å². The van der Waals surface area contributed by atoms with E-state index in [2.05, 4.69) is 10.6 Å². The molecule has 2 heterocycles. The Labute approximate surface area is 154 Å². The fourth-order valence-electron chi connectivity index (χ4n) is 3.05. The maximum atomic E-state index is 12.9. The molecule has 24 heavy (non-hydrogen) atoms.